The van der Waals surface area contributed by atoms with Crippen molar-refractivity contribution in [1.82, 2.24) is 10.9 Å². The molecule has 0 aliphatic rings. The van der Waals surface area contributed by atoms with Gasteiger partial charge in [0.25, 0.3) is 5.91 Å². The molecule has 0 fully saturated rings. The molecule has 0 saturated carbocycles. The van der Waals surface area contributed by atoms with E-state index in [1.807, 2.05) is 19.1 Å². The minimum absolute atomic E-state index is 0.00533. The van der Waals surface area contributed by atoms with Crippen LogP contribution in [0.25, 0.3) is 0 Å². The number of methoxy groups -OCH3 is 2. The Hall–Kier alpha value is -1.79. The fraction of sp³-hybridized carbons (Fsp3) is 0.462. The van der Waals surface area contributed by atoms with Crippen LogP contribution in [0.1, 0.15) is 11.1 Å². The minimum Gasteiger partial charge on any atom is -0.493 e. The van der Waals surface area contributed by atoms with Crippen molar-refractivity contribution in [3.8, 4) is 11.5 Å². The molecule has 106 valence electrons. The maximum Gasteiger partial charge on any atom is 0.260 e. The average molecular weight is 268 g/mol. The number of nitrogens with one attached hydrogen (secondary N) is 2. The highest BCUT2D eigenvalue weighted by Crippen LogP contribution is 2.30. The Bertz CT molecular complexity index is 435. The van der Waals surface area contributed by atoms with Crippen LogP contribution in [0.5, 0.6) is 11.5 Å². The van der Waals surface area contributed by atoms with Gasteiger partial charge in [-0.05, 0) is 30.2 Å². The van der Waals surface area contributed by atoms with Crippen LogP contribution in [0.3, 0.4) is 0 Å². The maximum atomic E-state index is 11.2. The van der Waals surface area contributed by atoms with E-state index in [1.54, 1.807) is 21.3 Å². The number of carbonyl (C=O) groups excluding carboxylic acids is 1. The van der Waals surface area contributed by atoms with Crippen LogP contribution in [0, 0.1) is 6.92 Å². The lowest BCUT2D eigenvalue weighted by molar-refractivity contribution is -0.126. The number of hydrogen-bond donors (Lipinski definition) is 2. The van der Waals surface area contributed by atoms with Crippen LogP contribution in [0.4, 0.5) is 0 Å². The highest BCUT2D eigenvalue weighted by Gasteiger charge is 2.09. The predicted molar refractivity (Wildman–Crippen MR) is 71.1 cm³/mol. The minimum atomic E-state index is -0.222. The topological polar surface area (TPSA) is 68.8 Å². The standard InChI is InChI=1S/C13H20N2O4/c1-9-5-11(17-3)12(18-4)6-10(9)7-19-8-13(16)15-14-2/h5-6,14H,7-8H2,1-4H3,(H,15,16). The molecule has 0 radical (unpaired) electrons. The van der Waals surface area contributed by atoms with Crippen molar-refractivity contribution in [2.75, 3.05) is 27.9 Å². The van der Waals surface area contributed by atoms with E-state index >= 15 is 0 Å². The Morgan fingerprint density at radius 2 is 1.84 bits per heavy atom. The molecule has 1 aromatic rings. The van der Waals surface area contributed by atoms with E-state index in [4.69, 9.17) is 14.2 Å². The van der Waals surface area contributed by atoms with Gasteiger partial charge in [0.05, 0.1) is 20.8 Å². The first-order chi connectivity index (χ1) is 9.12. The number of carbonyl (C=O) groups is 1. The van der Waals surface area contributed by atoms with Gasteiger partial charge >= 0.3 is 0 Å². The van der Waals surface area contributed by atoms with E-state index in [0.717, 1.165) is 11.1 Å². The molecule has 6 nitrogen and oxygen atoms in total. The van der Waals surface area contributed by atoms with E-state index in [2.05, 4.69) is 10.9 Å². The zero-order valence-corrected chi connectivity index (χ0v) is 11.7. The molecule has 6 heteroatoms. The molecule has 0 saturated heterocycles. The molecule has 0 aromatic heterocycles. The van der Waals surface area contributed by atoms with Crippen molar-refractivity contribution in [3.05, 3.63) is 23.3 Å². The molecule has 19 heavy (non-hydrogen) atoms. The molecule has 0 atom stereocenters. The summed E-state index contributed by atoms with van der Waals surface area (Å²) in [5.41, 5.74) is 6.95. The lowest BCUT2D eigenvalue weighted by Crippen LogP contribution is -2.36. The molecule has 0 bridgehead atoms. The summed E-state index contributed by atoms with van der Waals surface area (Å²) in [6.07, 6.45) is 0. The van der Waals surface area contributed by atoms with Gasteiger partial charge < -0.3 is 14.2 Å². The summed E-state index contributed by atoms with van der Waals surface area (Å²) in [7, 11) is 4.80. The van der Waals surface area contributed by atoms with Crippen molar-refractivity contribution < 1.29 is 19.0 Å². The van der Waals surface area contributed by atoms with E-state index in [1.165, 1.54) is 0 Å². The predicted octanol–water partition coefficient (Wildman–Crippen LogP) is 0.779. The molecule has 0 heterocycles. The van der Waals surface area contributed by atoms with Gasteiger partial charge in [0.15, 0.2) is 11.5 Å². The summed E-state index contributed by atoms with van der Waals surface area (Å²) in [5, 5.41) is 0. The van der Waals surface area contributed by atoms with Crippen molar-refractivity contribution in [3.63, 3.8) is 0 Å². The van der Waals surface area contributed by atoms with E-state index in [9.17, 15) is 4.79 Å². The smallest absolute Gasteiger partial charge is 0.260 e. The Kier molecular flexibility index (Phi) is 6.11. The molecule has 1 aromatic carbocycles. The number of ether oxygens (including phenoxy) is 3. The third kappa shape index (κ3) is 4.42. The second-order valence-electron chi connectivity index (χ2n) is 3.92. The quantitative estimate of drug-likeness (QED) is 0.715. The van der Waals surface area contributed by atoms with E-state index in [0.29, 0.717) is 18.1 Å². The first-order valence-electron chi connectivity index (χ1n) is 5.87. The van der Waals surface area contributed by atoms with Crippen molar-refractivity contribution >= 4 is 5.91 Å². The van der Waals surface area contributed by atoms with E-state index < -0.39 is 0 Å². The Balaban J connectivity index is 2.65. The lowest BCUT2D eigenvalue weighted by atomic mass is 10.1. The highest BCUT2D eigenvalue weighted by molar-refractivity contribution is 5.76. The second-order valence-corrected chi connectivity index (χ2v) is 3.92. The maximum absolute atomic E-state index is 11.2. The molecule has 1 amide bonds. The van der Waals surface area contributed by atoms with E-state index in [-0.39, 0.29) is 12.5 Å². The number of hydrazine groups is 1. The largest absolute Gasteiger partial charge is 0.493 e. The summed E-state index contributed by atoms with van der Waals surface area (Å²) in [5.74, 6) is 1.10. The molecule has 1 rings (SSSR count). The van der Waals surface area contributed by atoms with Gasteiger partial charge in [-0.3, -0.25) is 10.2 Å². The van der Waals surface area contributed by atoms with Gasteiger partial charge in [0.1, 0.15) is 6.61 Å². The fourth-order valence-electron chi connectivity index (χ4n) is 1.61. The number of aryl methyl sites for hydroxylation is 1. The van der Waals surface area contributed by atoms with Gasteiger partial charge in [0.2, 0.25) is 0 Å². The molecule has 0 unspecified atom stereocenters. The Morgan fingerprint density at radius 1 is 1.21 bits per heavy atom. The molecule has 0 aliphatic heterocycles. The number of rotatable bonds is 7. The van der Waals surface area contributed by atoms with Gasteiger partial charge in [-0.2, -0.15) is 0 Å². The van der Waals surface area contributed by atoms with Crippen LogP contribution >= 0.6 is 0 Å². The highest BCUT2D eigenvalue weighted by atomic mass is 16.5. The first kappa shape index (κ1) is 15.3. The van der Waals surface area contributed by atoms with Crippen LogP contribution in [0.2, 0.25) is 0 Å². The van der Waals surface area contributed by atoms with Crippen molar-refractivity contribution in [1.29, 1.82) is 0 Å². The second kappa shape index (κ2) is 7.60. The van der Waals surface area contributed by atoms with Gasteiger partial charge in [0, 0.05) is 7.05 Å². The molecular weight excluding hydrogens is 248 g/mol. The number of benzene rings is 1. The van der Waals surface area contributed by atoms with Crippen LogP contribution in [-0.2, 0) is 16.1 Å². The Labute approximate surface area is 113 Å². The monoisotopic (exact) mass is 268 g/mol. The molecule has 0 aliphatic carbocycles. The fourth-order valence-corrected chi connectivity index (χ4v) is 1.61. The third-order valence-corrected chi connectivity index (χ3v) is 2.60. The number of hydrogen-bond acceptors (Lipinski definition) is 5. The van der Waals surface area contributed by atoms with Gasteiger partial charge in [-0.25, -0.2) is 5.43 Å². The lowest BCUT2D eigenvalue weighted by Gasteiger charge is -2.13. The van der Waals surface area contributed by atoms with Gasteiger partial charge in [-0.15, -0.1) is 0 Å². The van der Waals surface area contributed by atoms with Crippen LogP contribution in [0.15, 0.2) is 12.1 Å². The summed E-state index contributed by atoms with van der Waals surface area (Å²) in [6.45, 7) is 2.28. The Morgan fingerprint density at radius 3 is 2.42 bits per heavy atom. The molecule has 0 spiro atoms. The van der Waals surface area contributed by atoms with Crippen LogP contribution in [-0.4, -0.2) is 33.8 Å². The summed E-state index contributed by atoms with van der Waals surface area (Å²) >= 11 is 0. The van der Waals surface area contributed by atoms with Crippen molar-refractivity contribution in [2.45, 2.75) is 13.5 Å². The van der Waals surface area contributed by atoms with Crippen molar-refractivity contribution in [2.24, 2.45) is 0 Å². The zero-order valence-electron chi connectivity index (χ0n) is 11.7. The molecular formula is C13H20N2O4. The van der Waals surface area contributed by atoms with Gasteiger partial charge in [-0.1, -0.05) is 0 Å². The summed E-state index contributed by atoms with van der Waals surface area (Å²) in [6, 6.07) is 3.73. The summed E-state index contributed by atoms with van der Waals surface area (Å²) < 4.78 is 15.8. The normalized spacial score (nSPS) is 10.1. The third-order valence-electron chi connectivity index (χ3n) is 2.60. The zero-order chi connectivity index (χ0) is 14.3. The molecule has 2 N–H and O–H groups in total. The average Bonchev–Trinajstić information content (AvgIpc) is 2.40. The first-order valence-corrected chi connectivity index (χ1v) is 5.87. The van der Waals surface area contributed by atoms with Crippen LogP contribution < -0.4 is 20.3 Å². The SMILES string of the molecule is CNNC(=O)COCc1cc(OC)c(OC)cc1C. The number of amides is 1. The summed E-state index contributed by atoms with van der Waals surface area (Å²) in [4.78, 5) is 11.2.